The second-order valence-electron chi connectivity index (χ2n) is 2.81. The molecular weight excluding hydrogens is 217 g/mol. The van der Waals surface area contributed by atoms with Gasteiger partial charge in [0.1, 0.15) is 0 Å². The van der Waals surface area contributed by atoms with Crippen molar-refractivity contribution in [3.63, 3.8) is 0 Å². The van der Waals surface area contributed by atoms with E-state index >= 15 is 0 Å². The molecule has 0 bridgehead atoms. The van der Waals surface area contributed by atoms with Gasteiger partial charge in [0.25, 0.3) is 0 Å². The molecule has 0 spiro atoms. The van der Waals surface area contributed by atoms with E-state index in [2.05, 4.69) is 4.98 Å². The highest BCUT2D eigenvalue weighted by Crippen LogP contribution is 2.30. The first kappa shape index (κ1) is 9.72. The second kappa shape index (κ2) is 3.74. The van der Waals surface area contributed by atoms with Gasteiger partial charge in [-0.25, -0.2) is 9.37 Å². The summed E-state index contributed by atoms with van der Waals surface area (Å²) >= 11 is 1.14. The maximum absolute atomic E-state index is 13.3. The van der Waals surface area contributed by atoms with Crippen LogP contribution in [0, 0.1) is 5.82 Å². The van der Waals surface area contributed by atoms with Crippen LogP contribution in [0.15, 0.2) is 24.4 Å². The van der Waals surface area contributed by atoms with E-state index in [-0.39, 0.29) is 5.75 Å². The highest BCUT2D eigenvalue weighted by atomic mass is 32.1. The fourth-order valence-electron chi connectivity index (χ4n) is 1.03. The van der Waals surface area contributed by atoms with Crippen LogP contribution in [0.4, 0.5) is 15.2 Å². The predicted molar refractivity (Wildman–Crippen MR) is 57.4 cm³/mol. The van der Waals surface area contributed by atoms with E-state index in [1.165, 1.54) is 18.3 Å². The van der Waals surface area contributed by atoms with Gasteiger partial charge in [0, 0.05) is 11.8 Å². The van der Waals surface area contributed by atoms with Crippen LogP contribution in [-0.4, -0.2) is 4.98 Å². The van der Waals surface area contributed by atoms with Crippen molar-refractivity contribution in [2.75, 3.05) is 11.5 Å². The van der Waals surface area contributed by atoms with Crippen LogP contribution < -0.4 is 16.2 Å². The molecular formula is C9H8FN3OS. The number of ether oxygens (including phenoxy) is 1. The molecule has 1 aromatic carbocycles. The molecule has 2 rings (SSSR count). The Balaban J connectivity index is 2.24. The van der Waals surface area contributed by atoms with Gasteiger partial charge >= 0.3 is 0 Å². The van der Waals surface area contributed by atoms with Gasteiger partial charge in [-0.1, -0.05) is 11.3 Å². The van der Waals surface area contributed by atoms with E-state index in [4.69, 9.17) is 16.2 Å². The van der Waals surface area contributed by atoms with E-state index in [9.17, 15) is 4.39 Å². The number of hydrogen-bond acceptors (Lipinski definition) is 5. The minimum atomic E-state index is -0.512. The van der Waals surface area contributed by atoms with Crippen LogP contribution in [0.5, 0.6) is 10.8 Å². The van der Waals surface area contributed by atoms with Gasteiger partial charge in [0.05, 0.1) is 6.20 Å². The summed E-state index contributed by atoms with van der Waals surface area (Å²) in [4.78, 5) is 3.78. The smallest absolute Gasteiger partial charge is 0.202 e. The Bertz CT molecular complexity index is 486. The highest BCUT2D eigenvalue weighted by Gasteiger charge is 2.06. The lowest BCUT2D eigenvalue weighted by atomic mass is 10.3. The quantitative estimate of drug-likeness (QED) is 0.768. The summed E-state index contributed by atoms with van der Waals surface area (Å²) in [7, 11) is 0. The molecule has 1 heterocycles. The lowest BCUT2D eigenvalue weighted by molar-refractivity contribution is 0.452. The van der Waals surface area contributed by atoms with Gasteiger partial charge < -0.3 is 16.2 Å². The molecule has 6 heteroatoms. The van der Waals surface area contributed by atoms with Crippen molar-refractivity contribution in [3.05, 3.63) is 30.2 Å². The molecule has 0 saturated carbocycles. The zero-order valence-electron chi connectivity index (χ0n) is 7.61. The summed E-state index contributed by atoms with van der Waals surface area (Å²) in [5.74, 6) is -0.408. The molecule has 4 nitrogen and oxygen atoms in total. The number of halogens is 1. The Morgan fingerprint density at radius 1 is 1.33 bits per heavy atom. The average molecular weight is 225 g/mol. The number of nitrogens with zero attached hydrogens (tertiary/aromatic N) is 1. The van der Waals surface area contributed by atoms with Crippen molar-refractivity contribution in [2.24, 2.45) is 0 Å². The Hall–Kier alpha value is -1.82. The van der Waals surface area contributed by atoms with Crippen molar-refractivity contribution in [1.82, 2.24) is 4.98 Å². The molecule has 0 aliphatic heterocycles. The SMILES string of the molecule is Nc1ccc(Oc2cnc(N)s2)c(F)c1. The molecule has 0 saturated heterocycles. The maximum Gasteiger partial charge on any atom is 0.202 e. The number of hydrogen-bond donors (Lipinski definition) is 2. The molecule has 0 fully saturated rings. The summed E-state index contributed by atoms with van der Waals surface area (Å²) in [6.45, 7) is 0. The fraction of sp³-hybridized carbons (Fsp3) is 0. The number of rotatable bonds is 2. The van der Waals surface area contributed by atoms with Gasteiger partial charge in [0.2, 0.25) is 5.06 Å². The molecule has 0 aliphatic rings. The molecule has 0 atom stereocenters. The zero-order valence-corrected chi connectivity index (χ0v) is 8.42. The predicted octanol–water partition coefficient (Wildman–Crippen LogP) is 2.24. The monoisotopic (exact) mass is 225 g/mol. The molecule has 78 valence electrons. The lowest BCUT2D eigenvalue weighted by Gasteiger charge is -2.03. The van der Waals surface area contributed by atoms with Gasteiger partial charge in [-0.3, -0.25) is 0 Å². The van der Waals surface area contributed by atoms with Crippen LogP contribution in [0.3, 0.4) is 0 Å². The summed E-state index contributed by atoms with van der Waals surface area (Å²) in [5, 5.41) is 0.817. The molecule has 2 aromatic rings. The average Bonchev–Trinajstić information content (AvgIpc) is 2.56. The number of nitrogens with two attached hydrogens (primary N) is 2. The number of thiazole rings is 1. The number of aromatic nitrogens is 1. The zero-order chi connectivity index (χ0) is 10.8. The normalized spacial score (nSPS) is 10.2. The first-order chi connectivity index (χ1) is 7.15. The van der Waals surface area contributed by atoms with Crippen LogP contribution >= 0.6 is 11.3 Å². The molecule has 0 aliphatic carbocycles. The Kier molecular flexibility index (Phi) is 2.42. The summed E-state index contributed by atoms with van der Waals surface area (Å²) in [6.07, 6.45) is 1.44. The first-order valence-corrected chi connectivity index (χ1v) is 4.91. The molecule has 15 heavy (non-hydrogen) atoms. The van der Waals surface area contributed by atoms with Crippen molar-refractivity contribution >= 4 is 22.2 Å². The molecule has 0 unspecified atom stereocenters. The lowest BCUT2D eigenvalue weighted by Crippen LogP contribution is -1.89. The van der Waals surface area contributed by atoms with E-state index in [0.29, 0.717) is 15.9 Å². The first-order valence-electron chi connectivity index (χ1n) is 4.09. The van der Waals surface area contributed by atoms with Crippen LogP contribution in [0.2, 0.25) is 0 Å². The van der Waals surface area contributed by atoms with Crippen LogP contribution in [0.25, 0.3) is 0 Å². The third kappa shape index (κ3) is 2.16. The highest BCUT2D eigenvalue weighted by molar-refractivity contribution is 7.17. The Morgan fingerprint density at radius 2 is 2.13 bits per heavy atom. The standard InChI is InChI=1S/C9H8FN3OS/c10-6-3-5(11)1-2-7(6)14-8-4-13-9(12)15-8/h1-4H,11H2,(H2,12,13). The van der Waals surface area contributed by atoms with Gasteiger partial charge in [0.15, 0.2) is 16.7 Å². The van der Waals surface area contributed by atoms with E-state index in [1.54, 1.807) is 6.07 Å². The van der Waals surface area contributed by atoms with E-state index in [1.807, 2.05) is 0 Å². The maximum atomic E-state index is 13.3. The number of anilines is 2. The van der Waals surface area contributed by atoms with Crippen molar-refractivity contribution in [1.29, 1.82) is 0 Å². The van der Waals surface area contributed by atoms with Gasteiger partial charge in [-0.2, -0.15) is 0 Å². The molecule has 1 aromatic heterocycles. The van der Waals surface area contributed by atoms with E-state index in [0.717, 1.165) is 11.3 Å². The van der Waals surface area contributed by atoms with Gasteiger partial charge in [-0.05, 0) is 12.1 Å². The minimum Gasteiger partial charge on any atom is -0.442 e. The Labute approximate surface area is 89.3 Å². The summed E-state index contributed by atoms with van der Waals surface area (Å²) in [5.41, 5.74) is 11.2. The number of nitrogen functional groups attached to an aromatic ring is 2. The summed E-state index contributed by atoms with van der Waals surface area (Å²) < 4.78 is 18.5. The van der Waals surface area contributed by atoms with Crippen LogP contribution in [0.1, 0.15) is 0 Å². The topological polar surface area (TPSA) is 74.2 Å². The second-order valence-corrected chi connectivity index (χ2v) is 3.83. The fourth-order valence-corrected chi connectivity index (χ4v) is 1.58. The van der Waals surface area contributed by atoms with Crippen molar-refractivity contribution < 1.29 is 9.13 Å². The summed E-state index contributed by atoms with van der Waals surface area (Å²) in [6, 6.07) is 4.21. The molecule has 0 radical (unpaired) electrons. The minimum absolute atomic E-state index is 0.104. The van der Waals surface area contributed by atoms with Crippen molar-refractivity contribution in [3.8, 4) is 10.8 Å². The number of benzene rings is 1. The van der Waals surface area contributed by atoms with E-state index < -0.39 is 5.82 Å². The van der Waals surface area contributed by atoms with Gasteiger partial charge in [-0.15, -0.1) is 0 Å². The Morgan fingerprint density at radius 3 is 2.73 bits per heavy atom. The third-order valence-electron chi connectivity index (χ3n) is 1.67. The molecule has 0 amide bonds. The molecule has 4 N–H and O–H groups in total. The van der Waals surface area contributed by atoms with Crippen LogP contribution in [-0.2, 0) is 0 Å². The van der Waals surface area contributed by atoms with Crippen molar-refractivity contribution in [2.45, 2.75) is 0 Å². The largest absolute Gasteiger partial charge is 0.442 e. The third-order valence-corrected chi connectivity index (χ3v) is 2.37.